The lowest BCUT2D eigenvalue weighted by Crippen LogP contribution is -2.01. The molecule has 8 heteroatoms. The number of nitrogens with zero attached hydrogens (tertiary/aromatic N) is 5. The predicted octanol–water partition coefficient (Wildman–Crippen LogP) is 3.82. The van der Waals surface area contributed by atoms with Gasteiger partial charge in [-0.25, -0.2) is 4.98 Å². The van der Waals surface area contributed by atoms with E-state index in [2.05, 4.69) is 22.1 Å². The highest BCUT2D eigenvalue weighted by Gasteiger charge is 2.12. The Labute approximate surface area is 168 Å². The van der Waals surface area contributed by atoms with Crippen molar-refractivity contribution in [2.45, 2.75) is 19.9 Å². The van der Waals surface area contributed by atoms with Gasteiger partial charge in [-0.2, -0.15) is 0 Å². The van der Waals surface area contributed by atoms with Gasteiger partial charge in [-0.05, 0) is 37.3 Å². The van der Waals surface area contributed by atoms with Crippen molar-refractivity contribution in [1.82, 2.24) is 24.1 Å². The lowest BCUT2D eigenvalue weighted by Gasteiger charge is -2.12. The van der Waals surface area contributed by atoms with Crippen LogP contribution >= 0.6 is 0 Å². The van der Waals surface area contributed by atoms with Crippen LogP contribution in [0, 0.1) is 0 Å². The van der Waals surface area contributed by atoms with Crippen molar-refractivity contribution >= 4 is 5.52 Å². The summed E-state index contributed by atoms with van der Waals surface area (Å²) in [5.74, 6) is 2.94. The van der Waals surface area contributed by atoms with Gasteiger partial charge in [0.2, 0.25) is 5.88 Å². The van der Waals surface area contributed by atoms with E-state index in [0.29, 0.717) is 24.8 Å². The van der Waals surface area contributed by atoms with E-state index in [1.807, 2.05) is 45.4 Å². The van der Waals surface area contributed by atoms with Crippen LogP contribution < -0.4 is 9.47 Å². The number of methoxy groups -OCH3 is 1. The van der Waals surface area contributed by atoms with E-state index in [9.17, 15) is 0 Å². The molecule has 0 unspecified atom stereocenters. The van der Waals surface area contributed by atoms with E-state index in [1.54, 1.807) is 26.0 Å². The standard InChI is InChI=1S/C21H23N5O3/c1-3-25-15-23-24-21(25)16-11-17-13-22-14-26(17)20(12-16)29-19-7-5-18(6-8-19)28-10-4-9-27-2/h5-8,11-15H,3-4,9-10H2,1-2H3. The molecule has 1 aromatic carbocycles. The summed E-state index contributed by atoms with van der Waals surface area (Å²) in [6.07, 6.45) is 6.09. The van der Waals surface area contributed by atoms with E-state index in [4.69, 9.17) is 14.2 Å². The van der Waals surface area contributed by atoms with Crippen LogP contribution in [0.3, 0.4) is 0 Å². The molecule has 29 heavy (non-hydrogen) atoms. The van der Waals surface area contributed by atoms with Gasteiger partial charge in [0, 0.05) is 38.3 Å². The van der Waals surface area contributed by atoms with Gasteiger partial charge >= 0.3 is 0 Å². The largest absolute Gasteiger partial charge is 0.494 e. The molecule has 0 N–H and O–H groups in total. The van der Waals surface area contributed by atoms with Gasteiger partial charge in [0.25, 0.3) is 0 Å². The Morgan fingerprint density at radius 2 is 1.83 bits per heavy atom. The molecule has 0 fully saturated rings. The van der Waals surface area contributed by atoms with Crippen LogP contribution in [0.5, 0.6) is 17.4 Å². The summed E-state index contributed by atoms with van der Waals surface area (Å²) in [5, 5.41) is 8.28. The summed E-state index contributed by atoms with van der Waals surface area (Å²) >= 11 is 0. The van der Waals surface area contributed by atoms with Crippen LogP contribution in [-0.4, -0.2) is 44.5 Å². The second-order valence-corrected chi connectivity index (χ2v) is 6.48. The van der Waals surface area contributed by atoms with E-state index in [0.717, 1.165) is 35.6 Å². The molecule has 0 aliphatic heterocycles. The molecular weight excluding hydrogens is 370 g/mol. The fraction of sp³-hybridized carbons (Fsp3) is 0.286. The number of aromatic nitrogens is 5. The number of benzene rings is 1. The second kappa shape index (κ2) is 8.74. The Kier molecular flexibility index (Phi) is 5.71. The number of hydrogen-bond donors (Lipinski definition) is 0. The van der Waals surface area contributed by atoms with Crippen LogP contribution in [0.1, 0.15) is 13.3 Å². The Morgan fingerprint density at radius 3 is 2.62 bits per heavy atom. The van der Waals surface area contributed by atoms with Crippen molar-refractivity contribution in [2.75, 3.05) is 20.3 Å². The lowest BCUT2D eigenvalue weighted by molar-refractivity contribution is 0.172. The maximum absolute atomic E-state index is 6.15. The first-order valence-corrected chi connectivity index (χ1v) is 9.52. The van der Waals surface area contributed by atoms with Crippen LogP contribution in [0.2, 0.25) is 0 Å². The Hall–Kier alpha value is -3.39. The number of imidazole rings is 1. The maximum Gasteiger partial charge on any atom is 0.206 e. The molecule has 4 aromatic rings. The van der Waals surface area contributed by atoms with Gasteiger partial charge in [0.05, 0.1) is 18.3 Å². The highest BCUT2D eigenvalue weighted by Crippen LogP contribution is 2.29. The van der Waals surface area contributed by atoms with Crippen molar-refractivity contribution in [1.29, 1.82) is 0 Å². The summed E-state index contributed by atoms with van der Waals surface area (Å²) in [5.41, 5.74) is 1.84. The quantitative estimate of drug-likeness (QED) is 0.403. The monoisotopic (exact) mass is 393 g/mol. The predicted molar refractivity (Wildman–Crippen MR) is 108 cm³/mol. The number of aryl methyl sites for hydroxylation is 1. The number of hydrogen-bond acceptors (Lipinski definition) is 6. The molecule has 0 saturated heterocycles. The van der Waals surface area contributed by atoms with Crippen molar-refractivity contribution < 1.29 is 14.2 Å². The minimum atomic E-state index is 0.615. The molecule has 0 saturated carbocycles. The SMILES string of the molecule is CCn1cnnc1-c1cc(Oc2ccc(OCCCOC)cc2)n2cncc2c1. The number of pyridine rings is 1. The molecule has 3 heterocycles. The molecule has 0 bridgehead atoms. The van der Waals surface area contributed by atoms with Gasteiger partial charge < -0.3 is 18.8 Å². The molecule has 4 rings (SSSR count). The zero-order valence-corrected chi connectivity index (χ0v) is 16.5. The lowest BCUT2D eigenvalue weighted by atomic mass is 10.2. The average molecular weight is 393 g/mol. The zero-order chi connectivity index (χ0) is 20.1. The molecule has 0 aliphatic rings. The van der Waals surface area contributed by atoms with E-state index in [-0.39, 0.29) is 0 Å². The van der Waals surface area contributed by atoms with Crippen molar-refractivity contribution in [2.24, 2.45) is 0 Å². The van der Waals surface area contributed by atoms with Gasteiger partial charge in [-0.3, -0.25) is 4.40 Å². The minimum Gasteiger partial charge on any atom is -0.494 e. The first-order chi connectivity index (χ1) is 14.3. The van der Waals surface area contributed by atoms with Gasteiger partial charge in [0.1, 0.15) is 24.2 Å². The minimum absolute atomic E-state index is 0.615. The van der Waals surface area contributed by atoms with Crippen molar-refractivity contribution in [3.8, 4) is 28.8 Å². The molecule has 0 aliphatic carbocycles. The third-order valence-corrected chi connectivity index (χ3v) is 4.51. The summed E-state index contributed by atoms with van der Waals surface area (Å²) in [6.45, 7) is 4.14. The first kappa shape index (κ1) is 18.9. The molecule has 150 valence electrons. The highest BCUT2D eigenvalue weighted by atomic mass is 16.5. The molecule has 0 radical (unpaired) electrons. The van der Waals surface area contributed by atoms with Crippen LogP contribution in [-0.2, 0) is 11.3 Å². The zero-order valence-electron chi connectivity index (χ0n) is 16.5. The summed E-state index contributed by atoms with van der Waals surface area (Å²) in [4.78, 5) is 4.24. The van der Waals surface area contributed by atoms with Gasteiger partial charge in [-0.1, -0.05) is 0 Å². The van der Waals surface area contributed by atoms with Crippen LogP contribution in [0.15, 0.2) is 55.2 Å². The maximum atomic E-state index is 6.15. The third kappa shape index (κ3) is 4.22. The smallest absolute Gasteiger partial charge is 0.206 e. The van der Waals surface area contributed by atoms with E-state index >= 15 is 0 Å². The van der Waals surface area contributed by atoms with Gasteiger partial charge in [0.15, 0.2) is 5.82 Å². The second-order valence-electron chi connectivity index (χ2n) is 6.48. The Balaban J connectivity index is 1.57. The van der Waals surface area contributed by atoms with Gasteiger partial charge in [-0.15, -0.1) is 10.2 Å². The molecule has 3 aromatic heterocycles. The highest BCUT2D eigenvalue weighted by molar-refractivity contribution is 5.66. The van der Waals surface area contributed by atoms with Crippen molar-refractivity contribution in [3.63, 3.8) is 0 Å². The molecule has 0 amide bonds. The number of ether oxygens (including phenoxy) is 3. The Morgan fingerprint density at radius 1 is 1.00 bits per heavy atom. The first-order valence-electron chi connectivity index (χ1n) is 9.52. The fourth-order valence-corrected chi connectivity index (χ4v) is 3.04. The van der Waals surface area contributed by atoms with E-state index in [1.165, 1.54) is 0 Å². The van der Waals surface area contributed by atoms with Crippen LogP contribution in [0.25, 0.3) is 16.9 Å². The number of fused-ring (bicyclic) bond motifs is 1. The van der Waals surface area contributed by atoms with E-state index < -0.39 is 0 Å². The molecule has 8 nitrogen and oxygen atoms in total. The Bertz CT molecular complexity index is 1070. The molecule has 0 atom stereocenters. The fourth-order valence-electron chi connectivity index (χ4n) is 3.04. The normalized spacial score (nSPS) is 11.1. The molecule has 0 spiro atoms. The third-order valence-electron chi connectivity index (χ3n) is 4.51. The summed E-state index contributed by atoms with van der Waals surface area (Å²) in [7, 11) is 1.68. The summed E-state index contributed by atoms with van der Waals surface area (Å²) in [6, 6.07) is 11.5. The topological polar surface area (TPSA) is 75.7 Å². The molecular formula is C21H23N5O3. The van der Waals surface area contributed by atoms with Crippen LogP contribution in [0.4, 0.5) is 0 Å². The summed E-state index contributed by atoms with van der Waals surface area (Å²) < 4.78 is 20.8. The number of rotatable bonds is 9. The average Bonchev–Trinajstić information content (AvgIpc) is 3.41. The van der Waals surface area contributed by atoms with Crippen molar-refractivity contribution in [3.05, 3.63) is 55.2 Å².